The second kappa shape index (κ2) is 5.99. The minimum absolute atomic E-state index is 0.0118. The van der Waals surface area contributed by atoms with E-state index in [0.717, 1.165) is 11.4 Å². The largest absolute Gasteiger partial charge is 0.378 e. The van der Waals surface area contributed by atoms with Crippen LogP contribution in [0.2, 0.25) is 0 Å². The molecular weight excluding hydrogens is 264 g/mol. The van der Waals surface area contributed by atoms with E-state index in [1.165, 1.54) is 5.56 Å². The van der Waals surface area contributed by atoms with Crippen molar-refractivity contribution in [2.24, 2.45) is 7.05 Å². The quantitative estimate of drug-likeness (QED) is 0.940. The fraction of sp³-hybridized carbons (Fsp3) is 0.375. The van der Waals surface area contributed by atoms with Crippen molar-refractivity contribution in [1.29, 1.82) is 0 Å². The zero-order valence-electron chi connectivity index (χ0n) is 13.2. The lowest BCUT2D eigenvalue weighted by Gasteiger charge is -2.15. The van der Waals surface area contributed by atoms with Gasteiger partial charge in [0, 0.05) is 44.2 Å². The first-order valence-corrected chi connectivity index (χ1v) is 6.97. The van der Waals surface area contributed by atoms with Crippen molar-refractivity contribution in [3.63, 3.8) is 0 Å². The van der Waals surface area contributed by atoms with Crippen LogP contribution in [0.4, 0.5) is 5.69 Å². The average molecular weight is 286 g/mol. The number of hydrogen-bond acceptors (Lipinski definition) is 3. The number of nitrogens with one attached hydrogen (secondary N) is 1. The minimum atomic E-state index is 0.0118. The molecule has 112 valence electrons. The third-order valence-electron chi connectivity index (χ3n) is 3.44. The Hall–Kier alpha value is -2.30. The van der Waals surface area contributed by atoms with Crippen LogP contribution in [0.25, 0.3) is 0 Å². The summed E-state index contributed by atoms with van der Waals surface area (Å²) in [6.45, 7) is 4.11. The van der Waals surface area contributed by atoms with Crippen LogP contribution in [0.15, 0.2) is 30.5 Å². The van der Waals surface area contributed by atoms with Crippen LogP contribution < -0.4 is 5.32 Å². The Bertz CT molecular complexity index is 628. The highest BCUT2D eigenvalue weighted by molar-refractivity contribution is 5.94. The van der Waals surface area contributed by atoms with Gasteiger partial charge in [-0.05, 0) is 38.1 Å². The predicted octanol–water partition coefficient (Wildman–Crippen LogP) is 2.60. The third-order valence-corrected chi connectivity index (χ3v) is 3.44. The van der Waals surface area contributed by atoms with Crippen molar-refractivity contribution in [3.8, 4) is 0 Å². The maximum Gasteiger partial charge on any atom is 0.253 e. The number of aromatic nitrogens is 2. The molecule has 2 rings (SSSR count). The first-order chi connectivity index (χ1) is 9.88. The van der Waals surface area contributed by atoms with Gasteiger partial charge in [0.25, 0.3) is 5.91 Å². The molecule has 2 aromatic rings. The normalized spacial score (nSPS) is 12.0. The Morgan fingerprint density at radius 2 is 1.90 bits per heavy atom. The lowest BCUT2D eigenvalue weighted by atomic mass is 10.1. The molecule has 0 aliphatic rings. The van der Waals surface area contributed by atoms with Gasteiger partial charge in [-0.15, -0.1) is 0 Å². The highest BCUT2D eigenvalue weighted by atomic mass is 16.2. The van der Waals surface area contributed by atoms with E-state index in [4.69, 9.17) is 0 Å². The zero-order chi connectivity index (χ0) is 15.6. The molecule has 1 amide bonds. The Kier molecular flexibility index (Phi) is 4.31. The number of carbonyl (C=O) groups excluding carboxylic acids is 1. The summed E-state index contributed by atoms with van der Waals surface area (Å²) in [7, 11) is 5.42. The van der Waals surface area contributed by atoms with Crippen molar-refractivity contribution < 1.29 is 4.79 Å². The van der Waals surface area contributed by atoms with E-state index < -0.39 is 0 Å². The van der Waals surface area contributed by atoms with Gasteiger partial charge >= 0.3 is 0 Å². The summed E-state index contributed by atoms with van der Waals surface area (Å²) in [5, 5.41) is 7.79. The van der Waals surface area contributed by atoms with Crippen molar-refractivity contribution in [2.75, 3.05) is 19.4 Å². The number of carbonyl (C=O) groups is 1. The number of benzene rings is 1. The first kappa shape index (κ1) is 15.1. The molecule has 0 aliphatic carbocycles. The molecule has 0 spiro atoms. The molecule has 1 heterocycles. The Labute approximate surface area is 125 Å². The molecule has 0 aliphatic heterocycles. The molecule has 0 saturated heterocycles. The van der Waals surface area contributed by atoms with Gasteiger partial charge < -0.3 is 10.2 Å². The summed E-state index contributed by atoms with van der Waals surface area (Å²) in [5.41, 5.74) is 3.87. The van der Waals surface area contributed by atoms with Crippen molar-refractivity contribution in [3.05, 3.63) is 47.3 Å². The van der Waals surface area contributed by atoms with Crippen LogP contribution in [-0.2, 0) is 7.05 Å². The van der Waals surface area contributed by atoms with E-state index in [1.54, 1.807) is 19.0 Å². The Morgan fingerprint density at radius 1 is 1.29 bits per heavy atom. The van der Waals surface area contributed by atoms with Gasteiger partial charge in [0.05, 0.1) is 11.7 Å². The standard InChI is InChI=1S/C16H22N4O/c1-11(15-10-20(5)18-12(15)2)17-14-8-6-13(7-9-14)16(21)19(3)4/h6-11,17H,1-5H3. The molecule has 0 fully saturated rings. The lowest BCUT2D eigenvalue weighted by Crippen LogP contribution is -2.21. The summed E-state index contributed by atoms with van der Waals surface area (Å²) in [6, 6.07) is 7.70. The van der Waals surface area contributed by atoms with E-state index in [-0.39, 0.29) is 11.9 Å². The van der Waals surface area contributed by atoms with E-state index in [0.29, 0.717) is 5.56 Å². The second-order valence-electron chi connectivity index (χ2n) is 5.49. The van der Waals surface area contributed by atoms with Gasteiger partial charge in [-0.2, -0.15) is 5.10 Å². The van der Waals surface area contributed by atoms with E-state index >= 15 is 0 Å². The molecule has 0 bridgehead atoms. The summed E-state index contributed by atoms with van der Waals surface area (Å²) >= 11 is 0. The smallest absolute Gasteiger partial charge is 0.253 e. The Morgan fingerprint density at radius 3 is 2.38 bits per heavy atom. The van der Waals surface area contributed by atoms with Crippen LogP contribution in [0, 0.1) is 6.92 Å². The molecule has 0 saturated carbocycles. The highest BCUT2D eigenvalue weighted by Gasteiger charge is 2.12. The average Bonchev–Trinajstić information content (AvgIpc) is 2.77. The molecule has 1 aromatic carbocycles. The molecule has 5 heteroatoms. The molecule has 1 unspecified atom stereocenters. The van der Waals surface area contributed by atoms with Gasteiger partial charge in [-0.25, -0.2) is 0 Å². The topological polar surface area (TPSA) is 50.2 Å². The van der Waals surface area contributed by atoms with E-state index in [1.807, 2.05) is 49.1 Å². The number of anilines is 1. The van der Waals surface area contributed by atoms with Crippen LogP contribution in [0.5, 0.6) is 0 Å². The van der Waals surface area contributed by atoms with Crippen molar-refractivity contribution in [1.82, 2.24) is 14.7 Å². The third kappa shape index (κ3) is 3.42. The maximum absolute atomic E-state index is 11.8. The molecule has 5 nitrogen and oxygen atoms in total. The van der Waals surface area contributed by atoms with Crippen molar-refractivity contribution >= 4 is 11.6 Å². The van der Waals surface area contributed by atoms with Gasteiger partial charge in [0.1, 0.15) is 0 Å². The molecule has 1 aromatic heterocycles. The number of aryl methyl sites for hydroxylation is 2. The van der Waals surface area contributed by atoms with Gasteiger partial charge in [0.15, 0.2) is 0 Å². The summed E-state index contributed by atoms with van der Waals surface area (Å²) < 4.78 is 1.82. The number of hydrogen-bond donors (Lipinski definition) is 1. The van der Waals surface area contributed by atoms with Crippen LogP contribution in [0.1, 0.15) is 34.6 Å². The minimum Gasteiger partial charge on any atom is -0.378 e. The maximum atomic E-state index is 11.8. The number of rotatable bonds is 4. The van der Waals surface area contributed by atoms with Crippen LogP contribution in [-0.4, -0.2) is 34.7 Å². The summed E-state index contributed by atoms with van der Waals surface area (Å²) in [4.78, 5) is 13.4. The first-order valence-electron chi connectivity index (χ1n) is 6.97. The SMILES string of the molecule is Cc1nn(C)cc1C(C)Nc1ccc(C(=O)N(C)C)cc1. The Balaban J connectivity index is 2.10. The molecular formula is C16H22N4O. The zero-order valence-corrected chi connectivity index (χ0v) is 13.2. The van der Waals surface area contributed by atoms with Crippen LogP contribution >= 0.6 is 0 Å². The molecule has 21 heavy (non-hydrogen) atoms. The molecule has 1 N–H and O–H groups in total. The predicted molar refractivity (Wildman–Crippen MR) is 84.4 cm³/mol. The highest BCUT2D eigenvalue weighted by Crippen LogP contribution is 2.21. The van der Waals surface area contributed by atoms with Crippen molar-refractivity contribution in [2.45, 2.75) is 19.9 Å². The molecule has 0 radical (unpaired) electrons. The van der Waals surface area contributed by atoms with Crippen LogP contribution in [0.3, 0.4) is 0 Å². The van der Waals surface area contributed by atoms with E-state index in [9.17, 15) is 4.79 Å². The van der Waals surface area contributed by atoms with Gasteiger partial charge in [-0.1, -0.05) is 0 Å². The fourth-order valence-electron chi connectivity index (χ4n) is 2.34. The van der Waals surface area contributed by atoms with E-state index in [2.05, 4.69) is 17.3 Å². The summed E-state index contributed by atoms with van der Waals surface area (Å²) in [5.74, 6) is 0.0118. The summed E-state index contributed by atoms with van der Waals surface area (Å²) in [6.07, 6.45) is 2.02. The van der Waals surface area contributed by atoms with Gasteiger partial charge in [-0.3, -0.25) is 9.48 Å². The molecule has 1 atom stereocenters. The fourth-order valence-corrected chi connectivity index (χ4v) is 2.34. The lowest BCUT2D eigenvalue weighted by molar-refractivity contribution is 0.0827. The number of amides is 1. The van der Waals surface area contributed by atoms with Gasteiger partial charge in [0.2, 0.25) is 0 Å². The number of nitrogens with zero attached hydrogens (tertiary/aromatic N) is 3. The monoisotopic (exact) mass is 286 g/mol. The second-order valence-corrected chi connectivity index (χ2v) is 5.49.